The second kappa shape index (κ2) is 8.62. The molecule has 3 aromatic rings. The SMILES string of the molecule is Cc1ccc([N]2[Sn]3[N](c4ccc(C)cc4)[Si](C)(C)[Si](C)([Si]2(C)C)[Si](C)(C)[N]3c2ccc(C)cc2)cc1. The Morgan fingerprint density at radius 1 is 0.417 bits per heavy atom. The van der Waals surface area contributed by atoms with Gasteiger partial charge in [-0.3, -0.25) is 0 Å². The van der Waals surface area contributed by atoms with E-state index >= 15 is 0 Å². The third-order valence-corrected chi connectivity index (χ3v) is 108. The van der Waals surface area contributed by atoms with Crippen LogP contribution in [0.15, 0.2) is 72.8 Å². The third-order valence-electron chi connectivity index (χ3n) is 9.82. The van der Waals surface area contributed by atoms with Crippen LogP contribution in [-0.2, 0) is 0 Å². The number of hydrogen-bond donors (Lipinski definition) is 0. The van der Waals surface area contributed by atoms with Gasteiger partial charge in [0.1, 0.15) is 0 Å². The van der Waals surface area contributed by atoms with E-state index in [1.54, 1.807) is 0 Å². The van der Waals surface area contributed by atoms with Crippen LogP contribution in [0.3, 0.4) is 0 Å². The first-order valence-electron chi connectivity index (χ1n) is 13.2. The normalized spacial score (nSPS) is 21.7. The van der Waals surface area contributed by atoms with Crippen LogP contribution in [0.1, 0.15) is 16.7 Å². The Balaban J connectivity index is 1.85. The van der Waals surface area contributed by atoms with Gasteiger partial charge in [0, 0.05) is 0 Å². The van der Waals surface area contributed by atoms with Crippen LogP contribution in [0.25, 0.3) is 0 Å². The Hall–Kier alpha value is -1.27. The number of fused-ring (bicyclic) bond motifs is 3. The van der Waals surface area contributed by atoms with Crippen LogP contribution >= 0.6 is 0 Å². The first-order valence-corrected chi connectivity index (χ1v) is 31.4. The summed E-state index contributed by atoms with van der Waals surface area (Å²) in [6.45, 7) is 24.4. The van der Waals surface area contributed by atoms with Crippen LogP contribution in [0.2, 0.25) is 45.8 Å². The van der Waals surface area contributed by atoms with E-state index in [-0.39, 0.29) is 0 Å². The zero-order valence-corrected chi connectivity index (χ0v) is 30.6. The fourth-order valence-electron chi connectivity index (χ4n) is 7.36. The fourth-order valence-corrected chi connectivity index (χ4v) is 147. The van der Waals surface area contributed by atoms with E-state index in [2.05, 4.69) is 148 Å². The Morgan fingerprint density at radius 2 is 0.639 bits per heavy atom. The van der Waals surface area contributed by atoms with Gasteiger partial charge in [-0.2, -0.15) is 0 Å². The van der Waals surface area contributed by atoms with E-state index in [1.165, 1.54) is 33.8 Å². The molecule has 189 valence electrons. The van der Waals surface area contributed by atoms with Crippen molar-refractivity contribution in [3.63, 3.8) is 0 Å². The summed E-state index contributed by atoms with van der Waals surface area (Å²) in [6, 6.07) is 28.7. The van der Waals surface area contributed by atoms with Crippen molar-refractivity contribution < 1.29 is 0 Å². The van der Waals surface area contributed by atoms with Crippen molar-refractivity contribution in [2.75, 3.05) is 8.36 Å². The van der Waals surface area contributed by atoms with Crippen LogP contribution < -0.4 is 8.36 Å². The molecule has 1 radical (unpaired) electrons. The van der Waals surface area contributed by atoms with Gasteiger partial charge in [0.05, 0.1) is 0 Å². The molecule has 0 unspecified atom stereocenters. The predicted molar refractivity (Wildman–Crippen MR) is 171 cm³/mol. The molecular formula is C28H42N3Si4Sn. The summed E-state index contributed by atoms with van der Waals surface area (Å²) in [4.78, 5) is 0. The van der Waals surface area contributed by atoms with Crippen LogP contribution in [0.4, 0.5) is 17.1 Å². The van der Waals surface area contributed by atoms with Crippen molar-refractivity contribution in [3.05, 3.63) is 89.5 Å². The molecule has 3 aliphatic rings. The second-order valence-corrected chi connectivity index (χ2v) is 59.4. The molecule has 3 aliphatic heterocycles. The molecule has 6 rings (SSSR count). The quantitative estimate of drug-likeness (QED) is 0.274. The first kappa shape index (κ1) is 26.3. The molecule has 0 aliphatic carbocycles. The molecule has 0 spiro atoms. The summed E-state index contributed by atoms with van der Waals surface area (Å²) in [6.07, 6.45) is 0. The molecule has 3 nitrogen and oxygen atoms in total. The average molecular weight is 652 g/mol. The van der Waals surface area contributed by atoms with Gasteiger partial charge in [-0.05, 0) is 0 Å². The molecule has 0 aromatic heterocycles. The molecule has 0 atom stereocenters. The van der Waals surface area contributed by atoms with E-state index in [1.807, 2.05) is 0 Å². The van der Waals surface area contributed by atoms with Gasteiger partial charge < -0.3 is 0 Å². The Bertz CT molecular complexity index is 1120. The maximum absolute atomic E-state index is 3.15. The molecule has 3 fully saturated rings. The summed E-state index contributed by atoms with van der Waals surface area (Å²) in [5.41, 5.74) is 8.55. The van der Waals surface area contributed by atoms with Gasteiger partial charge in [-0.25, -0.2) is 0 Å². The van der Waals surface area contributed by atoms with Crippen LogP contribution in [0.5, 0.6) is 0 Å². The van der Waals surface area contributed by atoms with Gasteiger partial charge in [-0.1, -0.05) is 0 Å². The minimum atomic E-state index is -2.65. The number of anilines is 3. The van der Waals surface area contributed by atoms with Gasteiger partial charge in [0.25, 0.3) is 0 Å². The van der Waals surface area contributed by atoms with Crippen LogP contribution in [-0.4, -0.2) is 50.5 Å². The first-order chi connectivity index (χ1) is 16.7. The van der Waals surface area contributed by atoms with Gasteiger partial charge in [0.2, 0.25) is 0 Å². The van der Waals surface area contributed by atoms with Crippen molar-refractivity contribution in [1.82, 2.24) is 0 Å². The Kier molecular flexibility index (Phi) is 6.31. The molecule has 36 heavy (non-hydrogen) atoms. The topological polar surface area (TPSA) is 9.72 Å². The van der Waals surface area contributed by atoms with E-state index < -0.39 is 50.5 Å². The van der Waals surface area contributed by atoms with E-state index in [4.69, 9.17) is 0 Å². The number of rotatable bonds is 3. The van der Waals surface area contributed by atoms with Crippen molar-refractivity contribution >= 4 is 67.5 Å². The molecule has 0 amide bonds. The monoisotopic (exact) mass is 652 g/mol. The summed E-state index contributed by atoms with van der Waals surface area (Å²) in [7, 11) is -5.17. The predicted octanol–water partition coefficient (Wildman–Crippen LogP) is 7.37. The zero-order chi connectivity index (χ0) is 26.3. The summed E-state index contributed by atoms with van der Waals surface area (Å²) < 4.78 is 9.45. The summed E-state index contributed by atoms with van der Waals surface area (Å²) in [5, 5.41) is 0. The molecule has 3 heterocycles. The van der Waals surface area contributed by atoms with Crippen molar-refractivity contribution in [2.45, 2.75) is 66.6 Å². The fraction of sp³-hybridized carbons (Fsp3) is 0.357. The van der Waals surface area contributed by atoms with Crippen molar-refractivity contribution in [2.24, 2.45) is 0 Å². The summed E-state index contributed by atoms with van der Waals surface area (Å²) in [5.74, 6) is 0. The second-order valence-electron chi connectivity index (χ2n) is 12.6. The van der Waals surface area contributed by atoms with Gasteiger partial charge in [-0.15, -0.1) is 0 Å². The zero-order valence-electron chi connectivity index (χ0n) is 23.8. The molecule has 8 heteroatoms. The number of benzene rings is 3. The average Bonchev–Trinajstić information content (AvgIpc) is 2.80. The van der Waals surface area contributed by atoms with Gasteiger partial charge >= 0.3 is 232 Å². The standard InChI is InChI=1S/C28H42N3Si4.Sn/c1-23-11-17-26(18-12-23)29-32(4,5)35(10,33(6,7)30-27-19-13-24(2)14-20-27)34(8,9)31-28-21-15-25(3)16-22-28;/h11-22H,1-10H3;/q-3;+3. The molecule has 2 bridgehead atoms. The number of nitrogens with zero attached hydrogens (tertiary/aromatic N) is 3. The van der Waals surface area contributed by atoms with E-state index in [9.17, 15) is 0 Å². The third kappa shape index (κ3) is 3.45. The molecule has 0 saturated carbocycles. The van der Waals surface area contributed by atoms with Crippen LogP contribution in [0, 0.1) is 20.8 Å². The van der Waals surface area contributed by atoms with Crippen molar-refractivity contribution in [1.29, 1.82) is 0 Å². The van der Waals surface area contributed by atoms with Crippen molar-refractivity contribution in [3.8, 4) is 0 Å². The molecule has 0 N–H and O–H groups in total. The van der Waals surface area contributed by atoms with Gasteiger partial charge in [0.15, 0.2) is 0 Å². The molecule has 3 aromatic carbocycles. The number of hydrogen-bond acceptors (Lipinski definition) is 3. The summed E-state index contributed by atoms with van der Waals surface area (Å²) >= 11 is -2.65. The molecule has 3 saturated heterocycles. The maximum atomic E-state index is 3.15. The molecular weight excluding hydrogens is 609 g/mol. The van der Waals surface area contributed by atoms with E-state index in [0.717, 1.165) is 0 Å². The Morgan fingerprint density at radius 3 is 0.861 bits per heavy atom. The Labute approximate surface area is 230 Å². The number of aryl methyl sites for hydroxylation is 3. The van der Waals surface area contributed by atoms with E-state index in [0.29, 0.717) is 0 Å². The minimum absolute atomic E-state index is 1.35.